The van der Waals surface area contributed by atoms with Gasteiger partial charge in [-0.15, -0.1) is 43.1 Å². The Morgan fingerprint density at radius 2 is 1.35 bits per heavy atom. The number of hydrogen-bond acceptors (Lipinski definition) is 21. The molecule has 1 aromatic carbocycles. The summed E-state index contributed by atoms with van der Waals surface area (Å²) in [6, 6.07) is 14.7. The highest BCUT2D eigenvalue weighted by atomic mass is 79.9. The molecule has 0 spiro atoms. The number of carbonyl (C=O) groups is 2. The Morgan fingerprint density at radius 3 is 1.94 bits per heavy atom. The van der Waals surface area contributed by atoms with E-state index in [0.29, 0.717) is 62.2 Å². The van der Waals surface area contributed by atoms with Crippen molar-refractivity contribution in [3.8, 4) is 62.0 Å². The van der Waals surface area contributed by atoms with Crippen molar-refractivity contribution in [3.63, 3.8) is 0 Å². The van der Waals surface area contributed by atoms with Gasteiger partial charge in [0.2, 0.25) is 0 Å². The van der Waals surface area contributed by atoms with E-state index in [9.17, 15) is 14.9 Å². The lowest BCUT2D eigenvalue weighted by molar-refractivity contribution is 0.0690. The number of nitriles is 1. The van der Waals surface area contributed by atoms with Gasteiger partial charge in [-0.2, -0.15) is 5.26 Å². The first-order valence-corrected chi connectivity index (χ1v) is 21.6. The summed E-state index contributed by atoms with van der Waals surface area (Å²) in [5.74, 6) is 0.215. The molecule has 1 aliphatic rings. The number of benzene rings is 1. The van der Waals surface area contributed by atoms with Crippen LogP contribution in [0, 0.1) is 11.3 Å². The van der Waals surface area contributed by atoms with Crippen molar-refractivity contribution in [2.75, 3.05) is 43.4 Å². The van der Waals surface area contributed by atoms with E-state index < -0.39 is 5.97 Å². The van der Waals surface area contributed by atoms with Gasteiger partial charge in [-0.25, -0.2) is 34.7 Å². The van der Waals surface area contributed by atoms with Gasteiger partial charge in [0.25, 0.3) is 29.5 Å². The van der Waals surface area contributed by atoms with Crippen LogP contribution in [-0.2, 0) is 0 Å². The number of carbonyl (C=O) groups excluding carboxylic acids is 1. The molecule has 1 amide bonds. The van der Waals surface area contributed by atoms with Crippen LogP contribution in [0.1, 0.15) is 32.8 Å². The molecular formula is C38H30Br2N16O5S2. The quantitative estimate of drug-likeness (QED) is 0.123. The van der Waals surface area contributed by atoms with Crippen LogP contribution in [0.25, 0.3) is 56.0 Å². The maximum Gasteiger partial charge on any atom is 0.358 e. The van der Waals surface area contributed by atoms with Gasteiger partial charge < -0.3 is 41.4 Å². The van der Waals surface area contributed by atoms with Gasteiger partial charge in [-0.1, -0.05) is 18.2 Å². The number of hydrogen-bond donors (Lipinski definition) is 5. The number of nitrogens with one attached hydrogen (secondary N) is 1. The first-order chi connectivity index (χ1) is 30.5. The predicted molar refractivity (Wildman–Crippen MR) is 238 cm³/mol. The lowest BCUT2D eigenvalue weighted by Crippen LogP contribution is -2.34. The van der Waals surface area contributed by atoms with Crippen molar-refractivity contribution in [2.45, 2.75) is 6.42 Å². The number of carboxylic acid groups (broad SMARTS) is 1. The zero-order valence-electron chi connectivity index (χ0n) is 32.2. The first-order valence-electron chi connectivity index (χ1n) is 18.2. The summed E-state index contributed by atoms with van der Waals surface area (Å²) in [5.41, 5.74) is 19.1. The van der Waals surface area contributed by atoms with Crippen LogP contribution >= 0.6 is 54.5 Å². The molecular weight excluding hydrogens is 984 g/mol. The molecule has 0 radical (unpaired) electrons. The Labute approximate surface area is 380 Å². The van der Waals surface area contributed by atoms with E-state index in [2.05, 4.69) is 93.5 Å². The van der Waals surface area contributed by atoms with Crippen molar-refractivity contribution >= 4 is 83.9 Å². The lowest BCUT2D eigenvalue weighted by Gasteiger charge is -2.20. The summed E-state index contributed by atoms with van der Waals surface area (Å²) in [7, 11) is 0. The van der Waals surface area contributed by atoms with Gasteiger partial charge >= 0.3 is 5.97 Å². The third-order valence-corrected chi connectivity index (χ3v) is 11.0. The van der Waals surface area contributed by atoms with Crippen LogP contribution in [0.15, 0.2) is 89.9 Å². The molecule has 25 heteroatoms. The minimum absolute atomic E-state index is 0.0827. The van der Waals surface area contributed by atoms with Crippen molar-refractivity contribution in [1.82, 2.24) is 60.5 Å². The summed E-state index contributed by atoms with van der Waals surface area (Å²) in [4.78, 5) is 51.0. The van der Waals surface area contributed by atoms with Gasteiger partial charge in [-0.3, -0.25) is 4.79 Å². The van der Waals surface area contributed by atoms with E-state index in [1.165, 1.54) is 41.3 Å². The molecule has 0 saturated carbocycles. The Kier molecular flexibility index (Phi) is 14.1. The number of rotatable bonds is 7. The number of amides is 1. The molecule has 7 aromatic heterocycles. The van der Waals surface area contributed by atoms with Crippen LogP contribution < -0.4 is 22.5 Å². The molecule has 1 aliphatic heterocycles. The average Bonchev–Trinajstić information content (AvgIpc) is 4.14. The van der Waals surface area contributed by atoms with Crippen molar-refractivity contribution in [3.05, 3.63) is 97.8 Å². The molecule has 318 valence electrons. The molecule has 1 fully saturated rings. The molecule has 0 atom stereocenters. The fourth-order valence-corrected chi connectivity index (χ4v) is 7.46. The summed E-state index contributed by atoms with van der Waals surface area (Å²) in [6.45, 7) is 2.95. The SMILES string of the molecule is N#Cc1cc(C(=O)N2CCCNCC2)ccc1-c1cnc(N)c(-c2nnc(-c3cccs3)o2)n1.Nc1ncc(Br)nc1-c1nnc(-c2cccs2)o1.Nc1ncc(Br)nc1C(=O)O. The predicted octanol–water partition coefficient (Wildman–Crippen LogP) is 5.93. The van der Waals surface area contributed by atoms with E-state index in [1.807, 2.05) is 35.0 Å². The van der Waals surface area contributed by atoms with Crippen LogP contribution in [0.3, 0.4) is 0 Å². The summed E-state index contributed by atoms with van der Waals surface area (Å²) in [5, 5.41) is 41.4. The fourth-order valence-electron chi connectivity index (χ4n) is 5.62. The zero-order chi connectivity index (χ0) is 44.5. The third kappa shape index (κ3) is 10.7. The highest BCUT2D eigenvalue weighted by molar-refractivity contribution is 9.10. The maximum atomic E-state index is 13.0. The minimum atomic E-state index is -1.18. The molecule has 21 nitrogen and oxygen atoms in total. The summed E-state index contributed by atoms with van der Waals surface area (Å²) in [6.07, 6.45) is 5.22. The molecule has 9 rings (SSSR count). The lowest BCUT2D eigenvalue weighted by atomic mass is 10.0. The Bertz CT molecular complexity index is 2910. The zero-order valence-corrected chi connectivity index (χ0v) is 37.0. The Balaban J connectivity index is 0.000000170. The number of nitrogen functional groups attached to an aromatic ring is 3. The fraction of sp³-hybridized carbons (Fsp3) is 0.132. The second-order valence-electron chi connectivity index (χ2n) is 12.7. The topological polar surface area (TPSA) is 327 Å². The van der Waals surface area contributed by atoms with E-state index >= 15 is 0 Å². The van der Waals surface area contributed by atoms with E-state index in [0.717, 1.165) is 29.3 Å². The van der Waals surface area contributed by atoms with E-state index in [4.69, 9.17) is 31.1 Å². The molecule has 0 bridgehead atoms. The van der Waals surface area contributed by atoms with Crippen LogP contribution in [0.2, 0.25) is 0 Å². The molecule has 8 heterocycles. The normalized spacial score (nSPS) is 12.2. The molecule has 8 aromatic rings. The van der Waals surface area contributed by atoms with Crippen molar-refractivity contribution in [1.29, 1.82) is 5.26 Å². The standard InChI is InChI=1S/C23H20N8O2S.C10H6BrN5OS.C5H4BrN3O2/c24-12-15-11-14(23(32)31-8-2-6-26-7-9-31)4-5-16(15)17-13-27-20(25)19(28-17)22-30-29-21(33-22)18-3-1-10-34-18;11-6-4-13-8(12)7(14-6)10-16-15-9(17-10)5-2-1-3-18-5;6-2-1-8-4(7)3(9-2)5(10)11/h1,3-5,10-11,13,26H,2,6-9H2,(H2,25,27);1-4H,(H2,12,13);1H,(H2,7,8)(H,10,11). The van der Waals surface area contributed by atoms with Gasteiger partial charge in [-0.05, 0) is 79.9 Å². The summed E-state index contributed by atoms with van der Waals surface area (Å²) >= 11 is 9.19. The second-order valence-corrected chi connectivity index (χ2v) is 16.2. The van der Waals surface area contributed by atoms with E-state index in [1.54, 1.807) is 23.1 Å². The molecule has 1 saturated heterocycles. The second kappa shape index (κ2) is 20.2. The first kappa shape index (κ1) is 44.0. The number of halogens is 2. The van der Waals surface area contributed by atoms with Gasteiger partial charge in [0, 0.05) is 30.8 Å². The van der Waals surface area contributed by atoms with Crippen molar-refractivity contribution < 1.29 is 23.5 Å². The number of thiophene rings is 2. The summed E-state index contributed by atoms with van der Waals surface area (Å²) < 4.78 is 12.2. The molecule has 0 unspecified atom stereocenters. The number of nitrogens with zero attached hydrogens (tertiary/aromatic N) is 12. The molecule has 8 N–H and O–H groups in total. The Morgan fingerprint density at radius 1 is 0.762 bits per heavy atom. The number of nitrogens with two attached hydrogens (primary N) is 3. The maximum absolute atomic E-state index is 13.0. The minimum Gasteiger partial charge on any atom is -0.476 e. The van der Waals surface area contributed by atoms with Crippen LogP contribution in [0.4, 0.5) is 17.5 Å². The number of aromatic carboxylic acids is 1. The van der Waals surface area contributed by atoms with Gasteiger partial charge in [0.1, 0.15) is 9.21 Å². The monoisotopic (exact) mass is 1010 g/mol. The van der Waals surface area contributed by atoms with Gasteiger partial charge in [0.15, 0.2) is 34.5 Å². The van der Waals surface area contributed by atoms with Crippen molar-refractivity contribution in [2.24, 2.45) is 0 Å². The highest BCUT2D eigenvalue weighted by Crippen LogP contribution is 2.32. The Hall–Kier alpha value is -7.11. The molecule has 63 heavy (non-hydrogen) atoms. The largest absolute Gasteiger partial charge is 0.476 e. The number of aromatic nitrogens is 10. The van der Waals surface area contributed by atoms with Crippen LogP contribution in [0.5, 0.6) is 0 Å². The van der Waals surface area contributed by atoms with E-state index in [-0.39, 0.29) is 46.5 Å². The average molecular weight is 1010 g/mol. The number of carboxylic acids is 1. The van der Waals surface area contributed by atoms with Gasteiger partial charge in [0.05, 0.1) is 45.7 Å². The van der Waals surface area contributed by atoms with Crippen LogP contribution in [-0.4, -0.2) is 98.4 Å². The number of anilines is 3. The molecule has 0 aliphatic carbocycles. The highest BCUT2D eigenvalue weighted by Gasteiger charge is 2.22. The third-order valence-electron chi connectivity index (χ3n) is 8.56. The smallest absolute Gasteiger partial charge is 0.358 e.